The Kier molecular flexibility index (Phi) is 3.28. The highest BCUT2D eigenvalue weighted by atomic mass is 19.1. The molecule has 0 aliphatic carbocycles. The number of nitrogens with zero attached hydrogens (tertiary/aromatic N) is 1. The van der Waals surface area contributed by atoms with Crippen molar-refractivity contribution in [2.45, 2.75) is 20.3 Å². The molecule has 0 saturated carbocycles. The summed E-state index contributed by atoms with van der Waals surface area (Å²) in [5, 5.41) is 3.54. The number of fused-ring (bicyclic) bond motifs is 2. The summed E-state index contributed by atoms with van der Waals surface area (Å²) in [5.41, 5.74) is 1.27. The van der Waals surface area contributed by atoms with E-state index in [2.05, 4.69) is 34.1 Å². The summed E-state index contributed by atoms with van der Waals surface area (Å²) >= 11 is 0. The van der Waals surface area contributed by atoms with Gasteiger partial charge in [-0.1, -0.05) is 13.8 Å². The summed E-state index contributed by atoms with van der Waals surface area (Å²) in [7, 11) is 0. The minimum Gasteiger partial charge on any atom is -0.350 e. The lowest BCUT2D eigenvalue weighted by atomic mass is 9.88. The first-order chi connectivity index (χ1) is 11.8. The highest BCUT2D eigenvalue weighted by Crippen LogP contribution is 2.27. The van der Waals surface area contributed by atoms with Gasteiger partial charge in [-0.3, -0.25) is 9.59 Å². The quantitative estimate of drug-likeness (QED) is 0.635. The largest absolute Gasteiger partial charge is 0.350 e. The molecule has 25 heavy (non-hydrogen) atoms. The average Bonchev–Trinajstić information content (AvgIpc) is 2.90. The second-order valence-electron chi connectivity index (χ2n) is 7.18. The van der Waals surface area contributed by atoms with E-state index < -0.39 is 5.82 Å². The number of pyridine rings is 1. The topological polar surface area (TPSA) is 90.6 Å². The summed E-state index contributed by atoms with van der Waals surface area (Å²) < 4.78 is 13.3. The van der Waals surface area contributed by atoms with Gasteiger partial charge in [0.2, 0.25) is 0 Å². The molecule has 0 fully saturated rings. The van der Waals surface area contributed by atoms with Gasteiger partial charge in [-0.15, -0.1) is 0 Å². The van der Waals surface area contributed by atoms with Crippen LogP contribution in [0.3, 0.4) is 0 Å². The molecule has 1 aliphatic heterocycles. The maximum Gasteiger partial charge on any atom is 0.271 e. The van der Waals surface area contributed by atoms with Gasteiger partial charge in [0, 0.05) is 12.2 Å². The number of hydrogen-bond donors (Lipinski definition) is 3. The maximum atomic E-state index is 13.3. The Morgan fingerprint density at radius 2 is 1.96 bits per heavy atom. The van der Waals surface area contributed by atoms with E-state index in [0.29, 0.717) is 46.6 Å². The van der Waals surface area contributed by atoms with E-state index in [1.165, 1.54) is 12.1 Å². The van der Waals surface area contributed by atoms with Gasteiger partial charge in [-0.2, -0.15) is 0 Å². The van der Waals surface area contributed by atoms with E-state index in [1.807, 2.05) is 0 Å². The lowest BCUT2D eigenvalue weighted by molar-refractivity contribution is 0.0940. The predicted octanol–water partition coefficient (Wildman–Crippen LogP) is 2.37. The molecule has 1 aliphatic rings. The fraction of sp³-hybridized carbons (Fsp3) is 0.278. The number of H-pyrrole nitrogens is 2. The number of rotatable bonds is 1. The first-order valence-electron chi connectivity index (χ1n) is 8.02. The Morgan fingerprint density at radius 1 is 1.16 bits per heavy atom. The molecule has 3 heterocycles. The molecular weight excluding hydrogens is 323 g/mol. The van der Waals surface area contributed by atoms with Gasteiger partial charge >= 0.3 is 0 Å². The Morgan fingerprint density at radius 3 is 2.76 bits per heavy atom. The van der Waals surface area contributed by atoms with Gasteiger partial charge in [0.05, 0.1) is 11.1 Å². The molecule has 0 atom stereocenters. The average molecular weight is 340 g/mol. The molecule has 7 heteroatoms. The molecule has 1 amide bonds. The van der Waals surface area contributed by atoms with Crippen LogP contribution in [0.5, 0.6) is 0 Å². The molecular formula is C18H17FN4O2. The van der Waals surface area contributed by atoms with Crippen molar-refractivity contribution >= 4 is 16.8 Å². The van der Waals surface area contributed by atoms with E-state index in [4.69, 9.17) is 0 Å². The zero-order chi connectivity index (χ0) is 17.8. The summed E-state index contributed by atoms with van der Waals surface area (Å²) in [6, 6.07) is 5.84. The molecule has 0 bridgehead atoms. The third-order valence-electron chi connectivity index (χ3n) is 4.44. The second kappa shape index (κ2) is 5.27. The van der Waals surface area contributed by atoms with Crippen molar-refractivity contribution in [3.05, 3.63) is 51.8 Å². The Balaban J connectivity index is 1.86. The van der Waals surface area contributed by atoms with Crippen molar-refractivity contribution in [2.24, 2.45) is 5.41 Å². The van der Waals surface area contributed by atoms with Gasteiger partial charge in [0.15, 0.2) is 0 Å². The number of aromatic amines is 2. The number of imidazole rings is 1. The maximum absolute atomic E-state index is 13.3. The van der Waals surface area contributed by atoms with Crippen LogP contribution in [0.15, 0.2) is 29.1 Å². The van der Waals surface area contributed by atoms with E-state index in [9.17, 15) is 14.0 Å². The summed E-state index contributed by atoms with van der Waals surface area (Å²) in [4.78, 5) is 34.8. The lowest BCUT2D eigenvalue weighted by Gasteiger charge is -2.21. The van der Waals surface area contributed by atoms with Crippen LogP contribution in [0.2, 0.25) is 0 Å². The molecule has 3 N–H and O–H groups in total. The van der Waals surface area contributed by atoms with Crippen molar-refractivity contribution in [1.82, 2.24) is 20.3 Å². The third kappa shape index (κ3) is 2.71. The minimum absolute atomic E-state index is 0.113. The number of amides is 1. The van der Waals surface area contributed by atoms with Gasteiger partial charge < -0.3 is 15.3 Å². The Labute approximate surface area is 142 Å². The van der Waals surface area contributed by atoms with Crippen LogP contribution < -0.4 is 10.9 Å². The van der Waals surface area contributed by atoms with Crippen LogP contribution in [0, 0.1) is 11.2 Å². The summed E-state index contributed by atoms with van der Waals surface area (Å²) in [5.74, 6) is -0.327. The zero-order valence-corrected chi connectivity index (χ0v) is 13.9. The smallest absolute Gasteiger partial charge is 0.271 e. The van der Waals surface area contributed by atoms with Gasteiger partial charge in [-0.05, 0) is 41.5 Å². The van der Waals surface area contributed by atoms with Gasteiger partial charge in [0.25, 0.3) is 11.5 Å². The SMILES string of the molecule is CC1(C)CNC(=O)c2nc(-c3cc4ccc(F)cc4[nH]c3=O)[nH]c2C1. The number of carbonyl (C=O) groups is 1. The molecule has 0 spiro atoms. The van der Waals surface area contributed by atoms with Crippen LogP contribution in [-0.2, 0) is 6.42 Å². The highest BCUT2D eigenvalue weighted by molar-refractivity contribution is 5.94. The standard InChI is InChI=1S/C18H17FN4O2/c1-18(2)7-13-14(17(25)20-8-18)23-15(21-13)11-5-9-3-4-10(19)6-12(9)22-16(11)24/h3-6H,7-8H2,1-2H3,(H,20,25)(H,21,23)(H,22,24). The van der Waals surface area contributed by atoms with Crippen LogP contribution in [0.4, 0.5) is 4.39 Å². The number of nitrogens with one attached hydrogen (secondary N) is 3. The zero-order valence-electron chi connectivity index (χ0n) is 13.9. The Hall–Kier alpha value is -2.96. The Bertz CT molecular complexity index is 1060. The van der Waals surface area contributed by atoms with Crippen LogP contribution in [0.25, 0.3) is 22.3 Å². The summed E-state index contributed by atoms with van der Waals surface area (Å²) in [6.45, 7) is 4.67. The number of benzene rings is 1. The lowest BCUT2D eigenvalue weighted by Crippen LogP contribution is -2.32. The van der Waals surface area contributed by atoms with Gasteiger partial charge in [0.1, 0.15) is 17.3 Å². The molecule has 4 rings (SSSR count). The van der Waals surface area contributed by atoms with Crippen molar-refractivity contribution in [2.75, 3.05) is 6.54 Å². The number of halogens is 1. The van der Waals surface area contributed by atoms with E-state index in [1.54, 1.807) is 12.1 Å². The molecule has 0 radical (unpaired) electrons. The van der Waals surface area contributed by atoms with Crippen molar-refractivity contribution in [3.63, 3.8) is 0 Å². The first-order valence-corrected chi connectivity index (χ1v) is 8.02. The predicted molar refractivity (Wildman–Crippen MR) is 91.9 cm³/mol. The van der Waals surface area contributed by atoms with Crippen molar-refractivity contribution in [1.29, 1.82) is 0 Å². The van der Waals surface area contributed by atoms with Crippen molar-refractivity contribution < 1.29 is 9.18 Å². The number of carbonyl (C=O) groups excluding carboxylic acids is 1. The van der Waals surface area contributed by atoms with Crippen LogP contribution in [-0.4, -0.2) is 27.4 Å². The molecule has 0 saturated heterocycles. The van der Waals surface area contributed by atoms with E-state index in [0.717, 1.165) is 0 Å². The third-order valence-corrected chi connectivity index (χ3v) is 4.44. The number of hydrogen-bond acceptors (Lipinski definition) is 3. The molecule has 2 aromatic heterocycles. The fourth-order valence-electron chi connectivity index (χ4n) is 3.15. The van der Waals surface area contributed by atoms with Crippen molar-refractivity contribution in [3.8, 4) is 11.4 Å². The van der Waals surface area contributed by atoms with E-state index >= 15 is 0 Å². The summed E-state index contributed by atoms with van der Waals surface area (Å²) in [6.07, 6.45) is 0.644. The van der Waals surface area contributed by atoms with Crippen LogP contribution in [0.1, 0.15) is 30.0 Å². The highest BCUT2D eigenvalue weighted by Gasteiger charge is 2.30. The minimum atomic E-state index is -0.417. The van der Waals surface area contributed by atoms with Crippen LogP contribution >= 0.6 is 0 Å². The van der Waals surface area contributed by atoms with E-state index in [-0.39, 0.29) is 16.9 Å². The second-order valence-corrected chi connectivity index (χ2v) is 7.18. The first kappa shape index (κ1) is 15.6. The molecule has 128 valence electrons. The van der Waals surface area contributed by atoms with Gasteiger partial charge in [-0.25, -0.2) is 9.37 Å². The molecule has 3 aromatic rings. The molecule has 1 aromatic carbocycles. The molecule has 6 nitrogen and oxygen atoms in total. The molecule has 0 unspecified atom stereocenters. The monoisotopic (exact) mass is 340 g/mol. The normalized spacial score (nSPS) is 16.4. The number of aromatic nitrogens is 3. The fourth-order valence-corrected chi connectivity index (χ4v) is 3.15.